The number of nitrogens with one attached hydrogen (secondary N) is 1. The number of ether oxygens (including phenoxy) is 2. The number of nitrogens with zero attached hydrogens (tertiary/aromatic N) is 2. The van der Waals surface area contributed by atoms with Gasteiger partial charge in [0.15, 0.2) is 17.3 Å². The van der Waals surface area contributed by atoms with Crippen molar-refractivity contribution >= 4 is 35.4 Å². The number of rotatable bonds is 5. The van der Waals surface area contributed by atoms with Crippen LogP contribution in [0, 0.1) is 0 Å². The minimum atomic E-state index is -1.32. The van der Waals surface area contributed by atoms with Crippen LogP contribution in [0.2, 0.25) is 5.02 Å². The molecule has 136 valence electrons. The van der Waals surface area contributed by atoms with Gasteiger partial charge in [0.2, 0.25) is 11.9 Å². The summed E-state index contributed by atoms with van der Waals surface area (Å²) in [7, 11) is 0. The van der Waals surface area contributed by atoms with E-state index < -0.39 is 5.97 Å². The lowest BCUT2D eigenvalue weighted by molar-refractivity contribution is -0.297. The quantitative estimate of drug-likeness (QED) is 0.519. The van der Waals surface area contributed by atoms with Gasteiger partial charge in [-0.15, -0.1) is 5.10 Å². The van der Waals surface area contributed by atoms with E-state index in [-0.39, 0.29) is 16.9 Å². The van der Waals surface area contributed by atoms with Gasteiger partial charge in [-0.25, -0.2) is 4.98 Å². The number of benzene rings is 2. The van der Waals surface area contributed by atoms with Gasteiger partial charge in [-0.05, 0) is 59.8 Å². The predicted octanol–water partition coefficient (Wildman–Crippen LogP) is 2.74. The van der Waals surface area contributed by atoms with E-state index in [0.717, 1.165) is 17.3 Å². The van der Waals surface area contributed by atoms with Crippen molar-refractivity contribution in [1.29, 1.82) is 0 Å². The van der Waals surface area contributed by atoms with Crippen molar-refractivity contribution in [3.05, 3.63) is 58.0 Å². The Hall–Kier alpha value is -2.97. The Morgan fingerprint density at radius 2 is 1.96 bits per heavy atom. The fourth-order valence-corrected chi connectivity index (χ4v) is 3.24. The zero-order valence-corrected chi connectivity index (χ0v) is 15.2. The molecule has 0 bridgehead atoms. The number of aromatic amines is 1. The molecule has 0 saturated carbocycles. The third-order valence-corrected chi connectivity index (χ3v) is 4.80. The summed E-state index contributed by atoms with van der Waals surface area (Å²) in [4.78, 5) is 15.8. The summed E-state index contributed by atoms with van der Waals surface area (Å²) in [6.45, 7) is 0.148. The van der Waals surface area contributed by atoms with Crippen LogP contribution in [0.5, 0.6) is 11.5 Å². The molecule has 0 spiro atoms. The van der Waals surface area contributed by atoms with E-state index in [1.165, 1.54) is 6.08 Å². The minimum Gasteiger partial charge on any atom is -0.544 e. The molecule has 0 aliphatic carbocycles. The van der Waals surface area contributed by atoms with E-state index in [9.17, 15) is 9.90 Å². The molecular formula is C18H11ClN3O4S-. The predicted molar refractivity (Wildman–Crippen MR) is 98.2 cm³/mol. The van der Waals surface area contributed by atoms with Gasteiger partial charge in [-0.3, -0.25) is 5.10 Å². The molecule has 27 heavy (non-hydrogen) atoms. The molecule has 3 aromatic rings. The van der Waals surface area contributed by atoms with Crippen molar-refractivity contribution < 1.29 is 19.4 Å². The molecule has 0 radical (unpaired) electrons. The zero-order valence-electron chi connectivity index (χ0n) is 13.6. The topological polar surface area (TPSA) is 100 Å². The Bertz CT molecular complexity index is 1030. The lowest BCUT2D eigenvalue weighted by atomic mass is 10.2. The first-order valence-corrected chi connectivity index (χ1v) is 8.97. The van der Waals surface area contributed by atoms with Crippen LogP contribution in [0.15, 0.2) is 52.5 Å². The molecule has 1 N–H and O–H groups in total. The van der Waals surface area contributed by atoms with Crippen molar-refractivity contribution in [3.8, 4) is 22.9 Å². The second-order valence-corrected chi connectivity index (χ2v) is 6.93. The van der Waals surface area contributed by atoms with Gasteiger partial charge >= 0.3 is 0 Å². The van der Waals surface area contributed by atoms with Crippen LogP contribution in [0.4, 0.5) is 0 Å². The summed E-state index contributed by atoms with van der Waals surface area (Å²) in [5, 5.41) is 19.2. The van der Waals surface area contributed by atoms with Gasteiger partial charge in [-0.2, -0.15) is 0 Å². The smallest absolute Gasteiger partial charge is 0.231 e. The summed E-state index contributed by atoms with van der Waals surface area (Å²) in [5.74, 6) is 0.371. The molecule has 2 heterocycles. The molecule has 7 nitrogen and oxygen atoms in total. The number of carbonyl (C=O) groups is 1. The molecule has 1 aromatic heterocycles. The summed E-state index contributed by atoms with van der Waals surface area (Å²) in [6.07, 6.45) is 1.47. The van der Waals surface area contributed by atoms with Crippen molar-refractivity contribution in [2.45, 2.75) is 5.16 Å². The van der Waals surface area contributed by atoms with Crippen molar-refractivity contribution in [3.63, 3.8) is 0 Å². The van der Waals surface area contributed by atoms with Crippen molar-refractivity contribution in [2.75, 3.05) is 6.79 Å². The Balaban J connectivity index is 1.57. The van der Waals surface area contributed by atoms with Crippen molar-refractivity contribution in [1.82, 2.24) is 15.2 Å². The molecule has 0 atom stereocenters. The molecular weight excluding hydrogens is 390 g/mol. The van der Waals surface area contributed by atoms with E-state index in [1.807, 2.05) is 0 Å². The monoisotopic (exact) mass is 400 g/mol. The van der Waals surface area contributed by atoms with Gasteiger partial charge in [0.05, 0.1) is 5.97 Å². The Kier molecular flexibility index (Phi) is 4.74. The molecule has 0 amide bonds. The maximum absolute atomic E-state index is 11.5. The van der Waals surface area contributed by atoms with Gasteiger partial charge in [0, 0.05) is 15.5 Å². The Morgan fingerprint density at radius 1 is 1.19 bits per heavy atom. The number of carboxylic acids is 1. The number of halogens is 1. The number of carbonyl (C=O) groups excluding carboxylic acids is 1. The molecule has 2 aromatic carbocycles. The van der Waals surface area contributed by atoms with Crippen LogP contribution >= 0.6 is 23.4 Å². The van der Waals surface area contributed by atoms with Crippen molar-refractivity contribution in [2.24, 2.45) is 0 Å². The summed E-state index contributed by atoms with van der Waals surface area (Å²) < 4.78 is 10.5. The Labute approximate surface area is 163 Å². The normalized spacial score (nSPS) is 13.0. The maximum atomic E-state index is 11.5. The van der Waals surface area contributed by atoms with E-state index >= 15 is 0 Å². The highest BCUT2D eigenvalue weighted by Crippen LogP contribution is 2.34. The highest BCUT2D eigenvalue weighted by atomic mass is 35.5. The average Bonchev–Trinajstić information content (AvgIpc) is 3.30. The minimum absolute atomic E-state index is 0.0319. The van der Waals surface area contributed by atoms with E-state index in [0.29, 0.717) is 27.9 Å². The number of aliphatic carboxylic acids is 1. The Morgan fingerprint density at radius 3 is 2.74 bits per heavy atom. The molecule has 0 fully saturated rings. The number of carboxylic acid groups (broad SMARTS) is 1. The zero-order chi connectivity index (χ0) is 18.8. The summed E-state index contributed by atoms with van der Waals surface area (Å²) in [6, 6.07) is 12.2. The third kappa shape index (κ3) is 3.91. The highest BCUT2D eigenvalue weighted by molar-refractivity contribution is 8.04. The van der Waals surface area contributed by atoms with Gasteiger partial charge in [0.1, 0.15) is 0 Å². The van der Waals surface area contributed by atoms with Crippen LogP contribution in [0.1, 0.15) is 5.56 Å². The standard InChI is InChI=1S/C18H12ClN3O4S/c19-12-4-2-11(3-5-12)16-20-18(22-21-16)27-15(17(23)24)8-10-1-6-13-14(7-10)26-9-25-13/h1-8H,9H2,(H,23,24)(H,20,21,22)/p-1/b15-8-. The fourth-order valence-electron chi connectivity index (χ4n) is 2.41. The van der Waals surface area contributed by atoms with Crippen LogP contribution in [-0.2, 0) is 4.79 Å². The first-order chi connectivity index (χ1) is 13.1. The molecule has 1 aliphatic rings. The number of H-pyrrole nitrogens is 1. The summed E-state index contributed by atoms with van der Waals surface area (Å²) in [5.41, 5.74) is 1.42. The average molecular weight is 401 g/mol. The fraction of sp³-hybridized carbons (Fsp3) is 0.0556. The van der Waals surface area contributed by atoms with Gasteiger partial charge < -0.3 is 19.4 Å². The summed E-state index contributed by atoms with van der Waals surface area (Å²) >= 11 is 6.76. The van der Waals surface area contributed by atoms with E-state index in [2.05, 4.69) is 15.2 Å². The lowest BCUT2D eigenvalue weighted by Gasteiger charge is -2.06. The number of thioether (sulfide) groups is 1. The first-order valence-electron chi connectivity index (χ1n) is 7.77. The highest BCUT2D eigenvalue weighted by Gasteiger charge is 2.14. The number of fused-ring (bicyclic) bond motifs is 1. The van der Waals surface area contributed by atoms with E-state index in [4.69, 9.17) is 21.1 Å². The molecule has 0 unspecified atom stereocenters. The van der Waals surface area contributed by atoms with Crippen LogP contribution in [0.25, 0.3) is 17.5 Å². The van der Waals surface area contributed by atoms with Gasteiger partial charge in [0.25, 0.3) is 0 Å². The number of hydrogen-bond acceptors (Lipinski definition) is 7. The number of aromatic nitrogens is 3. The first kappa shape index (κ1) is 17.4. The molecule has 0 saturated heterocycles. The lowest BCUT2D eigenvalue weighted by Crippen LogP contribution is -2.23. The third-order valence-electron chi connectivity index (χ3n) is 3.68. The maximum Gasteiger partial charge on any atom is 0.231 e. The van der Waals surface area contributed by atoms with Crippen LogP contribution in [0.3, 0.4) is 0 Å². The largest absolute Gasteiger partial charge is 0.544 e. The number of hydrogen-bond donors (Lipinski definition) is 1. The second kappa shape index (κ2) is 7.34. The van der Waals surface area contributed by atoms with Crippen LogP contribution in [-0.4, -0.2) is 27.9 Å². The molecule has 1 aliphatic heterocycles. The molecule has 9 heteroatoms. The SMILES string of the molecule is O=C([O-])/C(=C/c1ccc2c(c1)OCO2)Sc1n[nH]c(-c2ccc(Cl)cc2)n1. The van der Waals surface area contributed by atoms with E-state index in [1.54, 1.807) is 42.5 Å². The second-order valence-electron chi connectivity index (χ2n) is 5.48. The van der Waals surface area contributed by atoms with Crippen LogP contribution < -0.4 is 14.6 Å². The molecule has 4 rings (SSSR count). The van der Waals surface area contributed by atoms with Gasteiger partial charge in [-0.1, -0.05) is 17.7 Å².